The molecule has 0 aliphatic carbocycles. The molecule has 1 unspecified atom stereocenters. The number of carbonyl (C=O) groups is 2. The van der Waals surface area contributed by atoms with Crippen LogP contribution in [0, 0.1) is 12.7 Å². The second kappa shape index (κ2) is 12.6. The zero-order valence-corrected chi connectivity index (χ0v) is 25.6. The molecule has 12 heteroatoms. The van der Waals surface area contributed by atoms with E-state index in [1.807, 2.05) is 12.1 Å². The highest BCUT2D eigenvalue weighted by Gasteiger charge is 2.49. The summed E-state index contributed by atoms with van der Waals surface area (Å²) in [6.07, 6.45) is 3.59. The fraction of sp³-hybridized carbons (Fsp3) is 0.219. The Labute approximate surface area is 261 Å². The molecule has 0 radical (unpaired) electrons. The number of nitrogens with zero attached hydrogens (tertiary/aromatic N) is 5. The SMILES string of the molecule is CCCCOc1cccc(C2/C(=C(\O)c3c(C)nc4ccccn34)C(=O)C(=O)N2c2nnc(SCc3ccc(F)cc3)s2)c1. The number of pyridine rings is 1. The number of Topliss-reactive ketones (excluding diaryl/α,β-unsaturated/α-hetero) is 1. The number of imidazole rings is 1. The van der Waals surface area contributed by atoms with Gasteiger partial charge in [0.05, 0.1) is 23.9 Å². The van der Waals surface area contributed by atoms with Crippen molar-refractivity contribution in [3.8, 4) is 5.75 Å². The first-order chi connectivity index (χ1) is 21.4. The van der Waals surface area contributed by atoms with Gasteiger partial charge in [0.1, 0.15) is 22.9 Å². The Morgan fingerprint density at radius 3 is 2.70 bits per heavy atom. The Morgan fingerprint density at radius 1 is 1.09 bits per heavy atom. The maximum absolute atomic E-state index is 13.7. The third-order valence-electron chi connectivity index (χ3n) is 7.19. The molecule has 2 aromatic carbocycles. The van der Waals surface area contributed by atoms with Crippen molar-refractivity contribution in [3.63, 3.8) is 0 Å². The van der Waals surface area contributed by atoms with Crippen molar-refractivity contribution in [2.24, 2.45) is 0 Å². The number of hydrogen-bond acceptors (Lipinski definition) is 9. The average Bonchev–Trinajstić information content (AvgIpc) is 3.70. The van der Waals surface area contributed by atoms with E-state index in [9.17, 15) is 19.1 Å². The molecule has 6 rings (SSSR count). The molecule has 0 bridgehead atoms. The Balaban J connectivity index is 1.43. The molecule has 4 heterocycles. The van der Waals surface area contributed by atoms with E-state index in [1.165, 1.54) is 28.8 Å². The molecule has 3 aromatic heterocycles. The van der Waals surface area contributed by atoms with Crippen LogP contribution in [-0.4, -0.2) is 43.0 Å². The Hall–Kier alpha value is -4.55. The highest BCUT2D eigenvalue weighted by atomic mass is 32.2. The molecule has 0 spiro atoms. The van der Waals surface area contributed by atoms with E-state index in [0.29, 0.717) is 45.0 Å². The topological polar surface area (TPSA) is 110 Å². The first-order valence-corrected chi connectivity index (χ1v) is 15.8. The van der Waals surface area contributed by atoms with Crippen LogP contribution in [0.4, 0.5) is 9.52 Å². The van der Waals surface area contributed by atoms with Gasteiger partial charge in [0.2, 0.25) is 5.13 Å². The molecule has 1 atom stereocenters. The van der Waals surface area contributed by atoms with Crippen molar-refractivity contribution in [2.75, 3.05) is 11.5 Å². The number of ketones is 1. The molecule has 1 aliphatic heterocycles. The molecule has 1 aliphatic rings. The van der Waals surface area contributed by atoms with Gasteiger partial charge in [0.25, 0.3) is 5.78 Å². The number of amides is 1. The lowest BCUT2D eigenvalue weighted by Crippen LogP contribution is -2.29. The van der Waals surface area contributed by atoms with Crippen LogP contribution in [-0.2, 0) is 15.3 Å². The maximum Gasteiger partial charge on any atom is 0.301 e. The summed E-state index contributed by atoms with van der Waals surface area (Å²) in [5, 5.41) is 20.5. The lowest BCUT2D eigenvalue weighted by molar-refractivity contribution is -0.132. The fourth-order valence-corrected chi connectivity index (χ4v) is 6.89. The van der Waals surface area contributed by atoms with Crippen LogP contribution in [0.1, 0.15) is 48.3 Å². The lowest BCUT2D eigenvalue weighted by atomic mass is 9.96. The molecule has 1 amide bonds. The summed E-state index contributed by atoms with van der Waals surface area (Å²) >= 11 is 2.55. The lowest BCUT2D eigenvalue weighted by Gasteiger charge is -2.23. The number of unbranched alkanes of at least 4 members (excludes halogenated alkanes) is 1. The number of halogens is 1. The summed E-state index contributed by atoms with van der Waals surface area (Å²) in [4.78, 5) is 33.3. The minimum Gasteiger partial charge on any atom is -0.505 e. The normalized spacial score (nSPS) is 16.2. The number of benzene rings is 2. The van der Waals surface area contributed by atoms with Crippen LogP contribution in [0.3, 0.4) is 0 Å². The van der Waals surface area contributed by atoms with Gasteiger partial charge in [-0.05, 0) is 60.9 Å². The number of aromatic nitrogens is 4. The molecule has 1 N–H and O–H groups in total. The molecule has 44 heavy (non-hydrogen) atoms. The largest absolute Gasteiger partial charge is 0.505 e. The van der Waals surface area contributed by atoms with Crippen molar-refractivity contribution < 1.29 is 23.8 Å². The van der Waals surface area contributed by atoms with Gasteiger partial charge >= 0.3 is 5.91 Å². The van der Waals surface area contributed by atoms with Crippen LogP contribution in [0.15, 0.2) is 82.8 Å². The van der Waals surface area contributed by atoms with Gasteiger partial charge in [0.15, 0.2) is 10.1 Å². The van der Waals surface area contributed by atoms with Gasteiger partial charge in [-0.25, -0.2) is 9.37 Å². The predicted molar refractivity (Wildman–Crippen MR) is 167 cm³/mol. The Morgan fingerprint density at radius 2 is 1.91 bits per heavy atom. The van der Waals surface area contributed by atoms with Crippen LogP contribution < -0.4 is 9.64 Å². The van der Waals surface area contributed by atoms with E-state index in [1.54, 1.807) is 60.0 Å². The van der Waals surface area contributed by atoms with Gasteiger partial charge in [0, 0.05) is 11.9 Å². The summed E-state index contributed by atoms with van der Waals surface area (Å²) in [6, 6.07) is 17.8. The number of ether oxygens (including phenoxy) is 1. The molecule has 0 saturated carbocycles. The number of thioether (sulfide) groups is 1. The van der Waals surface area contributed by atoms with Crippen molar-refractivity contribution >= 4 is 51.3 Å². The summed E-state index contributed by atoms with van der Waals surface area (Å²) < 4.78 is 21.5. The van der Waals surface area contributed by atoms with Crippen molar-refractivity contribution in [1.29, 1.82) is 0 Å². The highest BCUT2D eigenvalue weighted by molar-refractivity contribution is 8.00. The summed E-state index contributed by atoms with van der Waals surface area (Å²) in [5.74, 6) is -1.22. The van der Waals surface area contributed by atoms with Gasteiger partial charge in [-0.3, -0.25) is 18.9 Å². The molecule has 1 fully saturated rings. The second-order valence-electron chi connectivity index (χ2n) is 10.2. The fourth-order valence-electron chi connectivity index (χ4n) is 5.06. The van der Waals surface area contributed by atoms with E-state index >= 15 is 0 Å². The van der Waals surface area contributed by atoms with Crippen LogP contribution in [0.25, 0.3) is 11.4 Å². The number of hydrogen-bond donors (Lipinski definition) is 1. The molecular weight excluding hydrogens is 602 g/mol. The maximum atomic E-state index is 13.7. The van der Waals surface area contributed by atoms with E-state index in [2.05, 4.69) is 22.1 Å². The number of aliphatic hydroxyl groups is 1. The monoisotopic (exact) mass is 629 g/mol. The number of fused-ring (bicyclic) bond motifs is 1. The summed E-state index contributed by atoms with van der Waals surface area (Å²) in [5.41, 5.74) is 2.82. The zero-order chi connectivity index (χ0) is 30.8. The number of carbonyl (C=O) groups excluding carboxylic acids is 2. The second-order valence-corrected chi connectivity index (χ2v) is 12.4. The Kier molecular flexibility index (Phi) is 8.45. The van der Waals surface area contributed by atoms with E-state index in [4.69, 9.17) is 4.74 Å². The zero-order valence-electron chi connectivity index (χ0n) is 23.9. The molecule has 5 aromatic rings. The van der Waals surface area contributed by atoms with E-state index < -0.39 is 17.7 Å². The number of anilines is 1. The smallest absolute Gasteiger partial charge is 0.301 e. The van der Waals surface area contributed by atoms with E-state index in [0.717, 1.165) is 29.7 Å². The average molecular weight is 630 g/mol. The summed E-state index contributed by atoms with van der Waals surface area (Å²) in [7, 11) is 0. The third-order valence-corrected chi connectivity index (χ3v) is 9.32. The Bertz CT molecular complexity index is 1890. The standard InChI is InChI=1S/C32H28FN5O4S2/c1-3-4-16-42-23-9-7-8-21(17-23)27-25(28(39)26-19(2)34-24-10-5-6-15-37(24)26)29(40)30(41)38(27)31-35-36-32(44-31)43-18-20-11-13-22(33)14-12-20/h5-15,17,27,39H,3-4,16,18H2,1-2H3/b28-25+. The number of aryl methyl sites for hydroxylation is 1. The van der Waals surface area contributed by atoms with Crippen molar-refractivity contribution in [2.45, 2.75) is 42.8 Å². The first-order valence-electron chi connectivity index (χ1n) is 14.0. The number of aliphatic hydroxyl groups excluding tert-OH is 1. The third kappa shape index (κ3) is 5.70. The van der Waals surface area contributed by atoms with Crippen LogP contribution in [0.5, 0.6) is 5.75 Å². The molecule has 1 saturated heterocycles. The van der Waals surface area contributed by atoms with Crippen LogP contribution in [0.2, 0.25) is 0 Å². The van der Waals surface area contributed by atoms with Crippen LogP contribution >= 0.6 is 23.1 Å². The van der Waals surface area contributed by atoms with E-state index in [-0.39, 0.29) is 22.3 Å². The van der Waals surface area contributed by atoms with Crippen molar-refractivity contribution in [3.05, 3.63) is 107 Å². The first kappa shape index (κ1) is 29.5. The quantitative estimate of drug-likeness (QED) is 0.0452. The molecule has 224 valence electrons. The molecule has 9 nitrogen and oxygen atoms in total. The van der Waals surface area contributed by atoms with Crippen molar-refractivity contribution in [1.82, 2.24) is 19.6 Å². The minimum atomic E-state index is -0.999. The summed E-state index contributed by atoms with van der Waals surface area (Å²) in [6.45, 7) is 4.33. The minimum absolute atomic E-state index is 0.0785. The highest BCUT2D eigenvalue weighted by Crippen LogP contribution is 2.45. The molecular formula is C32H28FN5O4S2. The van der Waals surface area contributed by atoms with Gasteiger partial charge in [-0.1, -0.05) is 66.8 Å². The van der Waals surface area contributed by atoms with Gasteiger partial charge in [-0.15, -0.1) is 10.2 Å². The predicted octanol–water partition coefficient (Wildman–Crippen LogP) is 6.73. The van der Waals surface area contributed by atoms with Gasteiger partial charge < -0.3 is 9.84 Å². The number of rotatable bonds is 10. The van der Waals surface area contributed by atoms with Gasteiger partial charge in [-0.2, -0.15) is 0 Å².